The van der Waals surface area contributed by atoms with Gasteiger partial charge in [-0.1, -0.05) is 6.92 Å². The second-order valence-electron chi connectivity index (χ2n) is 5.14. The summed E-state index contributed by atoms with van der Waals surface area (Å²) in [4.78, 5) is 0. The molecule has 1 fully saturated rings. The molecule has 0 bridgehead atoms. The van der Waals surface area contributed by atoms with Crippen LogP contribution < -0.4 is 5.32 Å². The number of hydrogen-bond donors (Lipinski definition) is 1. The molecular formula is C12H19N3. The van der Waals surface area contributed by atoms with Crippen molar-refractivity contribution < 1.29 is 0 Å². The lowest BCUT2D eigenvalue weighted by molar-refractivity contribution is 0.341. The van der Waals surface area contributed by atoms with E-state index in [1.807, 2.05) is 11.7 Å². The molecule has 0 spiro atoms. The average molecular weight is 205 g/mol. The van der Waals surface area contributed by atoms with Gasteiger partial charge < -0.3 is 5.32 Å². The molecule has 1 saturated carbocycles. The van der Waals surface area contributed by atoms with Crippen LogP contribution in [0.15, 0.2) is 6.20 Å². The van der Waals surface area contributed by atoms with Crippen molar-refractivity contribution in [2.24, 2.45) is 13.0 Å². The summed E-state index contributed by atoms with van der Waals surface area (Å²) in [5, 5.41) is 8.30. The van der Waals surface area contributed by atoms with Gasteiger partial charge >= 0.3 is 0 Å². The smallest absolute Gasteiger partial charge is 0.0672 e. The van der Waals surface area contributed by atoms with Gasteiger partial charge in [0.25, 0.3) is 0 Å². The van der Waals surface area contributed by atoms with Gasteiger partial charge in [-0.05, 0) is 31.6 Å². The molecule has 1 N–H and O–H groups in total. The van der Waals surface area contributed by atoms with Gasteiger partial charge in [0.15, 0.2) is 0 Å². The normalized spacial score (nSPS) is 30.3. The number of nitrogens with one attached hydrogen (secondary N) is 1. The number of nitrogens with zero attached hydrogens (tertiary/aromatic N) is 2. The summed E-state index contributed by atoms with van der Waals surface area (Å²) in [6, 6.07) is 1.33. The van der Waals surface area contributed by atoms with E-state index in [-0.39, 0.29) is 0 Å². The Morgan fingerprint density at radius 1 is 1.40 bits per heavy atom. The minimum Gasteiger partial charge on any atom is -0.307 e. The van der Waals surface area contributed by atoms with Gasteiger partial charge in [-0.15, -0.1) is 0 Å². The Kier molecular flexibility index (Phi) is 2.09. The zero-order chi connectivity index (χ0) is 10.4. The van der Waals surface area contributed by atoms with Gasteiger partial charge in [0.2, 0.25) is 0 Å². The van der Waals surface area contributed by atoms with E-state index in [4.69, 9.17) is 0 Å². The first kappa shape index (κ1) is 9.40. The molecule has 3 rings (SSSR count). The standard InChI is InChI=1S/C12H19N3/c1-8-3-6-11-10(7-15(2)14-11)12(8)13-9-4-5-9/h7-9,12-13H,3-6H2,1-2H3. The van der Waals surface area contributed by atoms with Gasteiger partial charge in [0.05, 0.1) is 5.69 Å². The monoisotopic (exact) mass is 205 g/mol. The third kappa shape index (κ3) is 1.69. The number of aryl methyl sites for hydroxylation is 2. The highest BCUT2D eigenvalue weighted by Gasteiger charge is 2.33. The fraction of sp³-hybridized carbons (Fsp3) is 0.750. The van der Waals surface area contributed by atoms with E-state index >= 15 is 0 Å². The highest BCUT2D eigenvalue weighted by atomic mass is 15.3. The summed E-state index contributed by atoms with van der Waals surface area (Å²) in [5.41, 5.74) is 2.76. The highest BCUT2D eigenvalue weighted by molar-refractivity contribution is 5.25. The first-order chi connectivity index (χ1) is 7.24. The van der Waals surface area contributed by atoms with Crippen LogP contribution in [-0.4, -0.2) is 15.8 Å². The summed E-state index contributed by atoms with van der Waals surface area (Å²) < 4.78 is 1.96. The maximum atomic E-state index is 4.54. The van der Waals surface area contributed by atoms with Gasteiger partial charge in [0.1, 0.15) is 0 Å². The lowest BCUT2D eigenvalue weighted by Crippen LogP contribution is -2.32. The van der Waals surface area contributed by atoms with Crippen molar-refractivity contribution in [1.29, 1.82) is 0 Å². The van der Waals surface area contributed by atoms with Gasteiger partial charge in [-0.2, -0.15) is 5.10 Å². The van der Waals surface area contributed by atoms with Crippen molar-refractivity contribution in [2.75, 3.05) is 0 Å². The molecule has 2 unspecified atom stereocenters. The van der Waals surface area contributed by atoms with E-state index in [9.17, 15) is 0 Å². The largest absolute Gasteiger partial charge is 0.307 e. The van der Waals surface area contributed by atoms with Crippen LogP contribution in [0.5, 0.6) is 0 Å². The van der Waals surface area contributed by atoms with Crippen molar-refractivity contribution in [3.63, 3.8) is 0 Å². The predicted octanol–water partition coefficient (Wildman–Crippen LogP) is 1.80. The predicted molar refractivity (Wildman–Crippen MR) is 59.6 cm³/mol. The third-order valence-corrected chi connectivity index (χ3v) is 3.67. The van der Waals surface area contributed by atoms with E-state index in [1.165, 1.54) is 30.5 Å². The van der Waals surface area contributed by atoms with E-state index < -0.39 is 0 Å². The first-order valence-corrected chi connectivity index (χ1v) is 6.02. The zero-order valence-electron chi connectivity index (χ0n) is 9.53. The van der Waals surface area contributed by atoms with Crippen LogP contribution in [-0.2, 0) is 13.5 Å². The summed E-state index contributed by atoms with van der Waals surface area (Å²) in [7, 11) is 2.02. The fourth-order valence-corrected chi connectivity index (χ4v) is 2.60. The Hall–Kier alpha value is -0.830. The van der Waals surface area contributed by atoms with Crippen LogP contribution in [0.3, 0.4) is 0 Å². The van der Waals surface area contributed by atoms with Gasteiger partial charge in [-0.3, -0.25) is 4.68 Å². The van der Waals surface area contributed by atoms with Crippen LogP contribution in [0.25, 0.3) is 0 Å². The number of fused-ring (bicyclic) bond motifs is 1. The van der Waals surface area contributed by atoms with Crippen molar-refractivity contribution in [1.82, 2.24) is 15.1 Å². The van der Waals surface area contributed by atoms with E-state index in [2.05, 4.69) is 23.5 Å². The Morgan fingerprint density at radius 2 is 2.20 bits per heavy atom. The second-order valence-corrected chi connectivity index (χ2v) is 5.14. The molecule has 0 aromatic carbocycles. The molecule has 2 atom stereocenters. The van der Waals surface area contributed by atoms with E-state index in [0.29, 0.717) is 6.04 Å². The molecule has 1 heterocycles. The maximum Gasteiger partial charge on any atom is 0.0672 e. The first-order valence-electron chi connectivity index (χ1n) is 6.02. The summed E-state index contributed by atoms with van der Waals surface area (Å²) in [6.07, 6.45) is 7.34. The van der Waals surface area contributed by atoms with E-state index in [1.54, 1.807) is 0 Å². The van der Waals surface area contributed by atoms with Gasteiger partial charge in [-0.25, -0.2) is 0 Å². The summed E-state index contributed by atoms with van der Waals surface area (Å²) in [6.45, 7) is 2.36. The van der Waals surface area contributed by atoms with Gasteiger partial charge in [0, 0.05) is 30.9 Å². The van der Waals surface area contributed by atoms with Crippen LogP contribution in [0.2, 0.25) is 0 Å². The number of aromatic nitrogens is 2. The van der Waals surface area contributed by atoms with E-state index in [0.717, 1.165) is 18.4 Å². The number of hydrogen-bond acceptors (Lipinski definition) is 2. The lowest BCUT2D eigenvalue weighted by atomic mass is 9.84. The molecule has 82 valence electrons. The van der Waals surface area contributed by atoms with Crippen LogP contribution >= 0.6 is 0 Å². The molecule has 2 aliphatic carbocycles. The molecule has 0 radical (unpaired) electrons. The Bertz CT molecular complexity index is 365. The number of rotatable bonds is 2. The molecule has 1 aromatic heterocycles. The highest BCUT2D eigenvalue weighted by Crippen LogP contribution is 2.36. The molecule has 2 aliphatic rings. The Morgan fingerprint density at radius 3 is 2.93 bits per heavy atom. The van der Waals surface area contributed by atoms with Crippen LogP contribution in [0, 0.1) is 5.92 Å². The van der Waals surface area contributed by atoms with Crippen LogP contribution in [0.4, 0.5) is 0 Å². The lowest BCUT2D eigenvalue weighted by Gasteiger charge is -2.29. The fourth-order valence-electron chi connectivity index (χ4n) is 2.60. The molecule has 3 nitrogen and oxygen atoms in total. The van der Waals surface area contributed by atoms with Crippen molar-refractivity contribution >= 4 is 0 Å². The topological polar surface area (TPSA) is 29.9 Å². The SMILES string of the molecule is CC1CCc2nn(C)cc2C1NC1CC1. The second kappa shape index (κ2) is 3.34. The molecular weight excluding hydrogens is 186 g/mol. The molecule has 3 heteroatoms. The van der Waals surface area contributed by atoms with Crippen molar-refractivity contribution in [2.45, 2.75) is 44.7 Å². The third-order valence-electron chi connectivity index (χ3n) is 3.67. The quantitative estimate of drug-likeness (QED) is 0.798. The van der Waals surface area contributed by atoms with Crippen molar-refractivity contribution in [3.05, 3.63) is 17.5 Å². The minimum atomic E-state index is 0.551. The Balaban J connectivity index is 1.89. The maximum absolute atomic E-state index is 4.54. The average Bonchev–Trinajstić information content (AvgIpc) is 2.93. The molecule has 1 aromatic rings. The van der Waals surface area contributed by atoms with Crippen molar-refractivity contribution in [3.8, 4) is 0 Å². The minimum absolute atomic E-state index is 0.551. The molecule has 0 amide bonds. The zero-order valence-corrected chi connectivity index (χ0v) is 9.53. The summed E-state index contributed by atoms with van der Waals surface area (Å²) >= 11 is 0. The molecule has 0 aliphatic heterocycles. The molecule has 15 heavy (non-hydrogen) atoms. The molecule has 0 saturated heterocycles. The summed E-state index contributed by atoms with van der Waals surface area (Å²) in [5.74, 6) is 0.752. The Labute approximate surface area is 90.9 Å². The van der Waals surface area contributed by atoms with Crippen LogP contribution in [0.1, 0.15) is 43.5 Å².